The smallest absolute Gasteiger partial charge is 0.147 e. The van der Waals surface area contributed by atoms with Crippen molar-refractivity contribution in [2.75, 3.05) is 12.0 Å². The Kier molecular flexibility index (Phi) is 4.65. The number of hydrogen-bond acceptors (Lipinski definition) is 3. The highest BCUT2D eigenvalue weighted by molar-refractivity contribution is 7.90. The van der Waals surface area contributed by atoms with Crippen molar-refractivity contribution in [3.8, 4) is 0 Å². The molecule has 0 radical (unpaired) electrons. The molecule has 0 fully saturated rings. The molecule has 0 atom stereocenters. The van der Waals surface area contributed by atoms with Crippen LogP contribution in [0.25, 0.3) is 0 Å². The number of Topliss-reactive ketones (excluding diaryl/α,β-unsaturated/α-hetero) is 1. The number of carbonyl (C=O) groups excluding carboxylic acids is 1. The van der Waals surface area contributed by atoms with E-state index in [1.165, 1.54) is 18.2 Å². The Morgan fingerprint density at radius 2 is 2.06 bits per heavy atom. The molecule has 0 saturated carbocycles. The van der Waals surface area contributed by atoms with Gasteiger partial charge >= 0.3 is 0 Å². The fourth-order valence-corrected chi connectivity index (χ4v) is 2.11. The summed E-state index contributed by atoms with van der Waals surface area (Å²) in [6.07, 6.45) is 0.751. The van der Waals surface area contributed by atoms with E-state index in [4.69, 9.17) is 11.6 Å². The molecule has 94 valence electrons. The zero-order chi connectivity index (χ0) is 13.1. The maximum absolute atomic E-state index is 13.3. The molecular formula is C11H12ClFO3S. The maximum Gasteiger partial charge on any atom is 0.147 e. The van der Waals surface area contributed by atoms with Gasteiger partial charge in [-0.25, -0.2) is 12.8 Å². The van der Waals surface area contributed by atoms with E-state index < -0.39 is 15.7 Å². The summed E-state index contributed by atoms with van der Waals surface area (Å²) in [6, 6.07) is 4.15. The van der Waals surface area contributed by atoms with E-state index in [0.717, 1.165) is 6.26 Å². The number of ketones is 1. The average molecular weight is 279 g/mol. The monoisotopic (exact) mass is 278 g/mol. The van der Waals surface area contributed by atoms with Crippen LogP contribution in [-0.2, 0) is 21.1 Å². The lowest BCUT2D eigenvalue weighted by atomic mass is 10.1. The van der Waals surface area contributed by atoms with Crippen LogP contribution < -0.4 is 0 Å². The second-order valence-corrected chi connectivity index (χ2v) is 6.46. The van der Waals surface area contributed by atoms with E-state index in [2.05, 4.69) is 0 Å². The standard InChI is InChI=1S/C11H12ClFO3S/c1-17(15,16)6-5-8(14)7-9-10(12)3-2-4-11(9)13/h2-4H,5-7H2,1H3. The molecule has 1 rings (SSSR count). The van der Waals surface area contributed by atoms with Crippen LogP contribution in [0.5, 0.6) is 0 Å². The van der Waals surface area contributed by atoms with E-state index in [9.17, 15) is 17.6 Å². The van der Waals surface area contributed by atoms with Gasteiger partial charge in [0.15, 0.2) is 0 Å². The van der Waals surface area contributed by atoms with Crippen LogP contribution in [0.1, 0.15) is 12.0 Å². The lowest BCUT2D eigenvalue weighted by molar-refractivity contribution is -0.118. The van der Waals surface area contributed by atoms with Crippen molar-refractivity contribution in [2.45, 2.75) is 12.8 Å². The van der Waals surface area contributed by atoms with Crippen LogP contribution in [-0.4, -0.2) is 26.2 Å². The van der Waals surface area contributed by atoms with Gasteiger partial charge in [-0.15, -0.1) is 0 Å². The second-order valence-electron chi connectivity index (χ2n) is 3.80. The van der Waals surface area contributed by atoms with Crippen LogP contribution in [0.15, 0.2) is 18.2 Å². The van der Waals surface area contributed by atoms with Gasteiger partial charge in [0.05, 0.1) is 5.75 Å². The molecule has 3 nitrogen and oxygen atoms in total. The summed E-state index contributed by atoms with van der Waals surface area (Å²) in [6.45, 7) is 0. The molecular weight excluding hydrogens is 267 g/mol. The van der Waals surface area contributed by atoms with Gasteiger partial charge in [0.25, 0.3) is 0 Å². The number of benzene rings is 1. The Bertz CT molecular complexity index is 505. The molecule has 6 heteroatoms. The van der Waals surface area contributed by atoms with E-state index in [0.29, 0.717) is 0 Å². The first-order valence-corrected chi connectivity index (χ1v) is 7.36. The quantitative estimate of drug-likeness (QED) is 0.828. The third-order valence-corrected chi connectivity index (χ3v) is 3.49. The van der Waals surface area contributed by atoms with Gasteiger partial charge in [-0.2, -0.15) is 0 Å². The molecule has 0 heterocycles. The SMILES string of the molecule is CS(=O)(=O)CCC(=O)Cc1c(F)cccc1Cl. The Hall–Kier alpha value is -0.940. The Morgan fingerprint density at radius 3 is 2.59 bits per heavy atom. The predicted octanol–water partition coefficient (Wildman–Crippen LogP) is 2.03. The van der Waals surface area contributed by atoms with E-state index >= 15 is 0 Å². The van der Waals surface area contributed by atoms with Crippen LogP contribution >= 0.6 is 11.6 Å². The summed E-state index contributed by atoms with van der Waals surface area (Å²) in [7, 11) is -3.18. The third kappa shape index (κ3) is 4.83. The molecule has 0 saturated heterocycles. The van der Waals surface area contributed by atoms with Crippen molar-refractivity contribution >= 4 is 27.2 Å². The molecule has 0 N–H and O–H groups in total. The molecule has 17 heavy (non-hydrogen) atoms. The van der Waals surface area contributed by atoms with Gasteiger partial charge in [-0.05, 0) is 12.1 Å². The number of sulfone groups is 1. The van der Waals surface area contributed by atoms with Crippen LogP contribution in [0.2, 0.25) is 5.02 Å². The molecule has 0 aromatic heterocycles. The fourth-order valence-electron chi connectivity index (χ4n) is 1.29. The summed E-state index contributed by atoms with van der Waals surface area (Å²) in [5.41, 5.74) is 0.118. The second kappa shape index (κ2) is 5.60. The summed E-state index contributed by atoms with van der Waals surface area (Å²) in [5.74, 6) is -1.12. The van der Waals surface area contributed by atoms with Crippen LogP contribution in [0.4, 0.5) is 4.39 Å². The van der Waals surface area contributed by atoms with Gasteiger partial charge < -0.3 is 0 Å². The number of halogens is 2. The van der Waals surface area contributed by atoms with Crippen molar-refractivity contribution in [1.82, 2.24) is 0 Å². The van der Waals surface area contributed by atoms with Crippen molar-refractivity contribution in [3.63, 3.8) is 0 Å². The largest absolute Gasteiger partial charge is 0.299 e. The third-order valence-electron chi connectivity index (χ3n) is 2.19. The van der Waals surface area contributed by atoms with Crippen molar-refractivity contribution in [3.05, 3.63) is 34.6 Å². The van der Waals surface area contributed by atoms with Crippen LogP contribution in [0.3, 0.4) is 0 Å². The summed E-state index contributed by atoms with van der Waals surface area (Å²) >= 11 is 5.75. The summed E-state index contributed by atoms with van der Waals surface area (Å²) < 4.78 is 35.1. The Labute approximate surface area is 105 Å². The Balaban J connectivity index is 2.69. The lowest BCUT2D eigenvalue weighted by Crippen LogP contribution is -2.12. The normalized spacial score (nSPS) is 11.5. The molecule has 0 aliphatic rings. The molecule has 0 amide bonds. The highest BCUT2D eigenvalue weighted by Gasteiger charge is 2.13. The highest BCUT2D eigenvalue weighted by atomic mass is 35.5. The van der Waals surface area contributed by atoms with E-state index in [-0.39, 0.29) is 35.0 Å². The number of carbonyl (C=O) groups is 1. The van der Waals surface area contributed by atoms with Crippen molar-refractivity contribution in [1.29, 1.82) is 0 Å². The van der Waals surface area contributed by atoms with Crippen LogP contribution in [0, 0.1) is 5.82 Å². The van der Waals surface area contributed by atoms with Gasteiger partial charge in [0, 0.05) is 29.7 Å². The van der Waals surface area contributed by atoms with Gasteiger partial charge in [-0.3, -0.25) is 4.79 Å². The first kappa shape index (κ1) is 14.1. The lowest BCUT2D eigenvalue weighted by Gasteiger charge is -2.04. The highest BCUT2D eigenvalue weighted by Crippen LogP contribution is 2.20. The minimum Gasteiger partial charge on any atom is -0.299 e. The van der Waals surface area contributed by atoms with E-state index in [1.54, 1.807) is 0 Å². The number of hydrogen-bond donors (Lipinski definition) is 0. The van der Waals surface area contributed by atoms with Crippen molar-refractivity contribution in [2.24, 2.45) is 0 Å². The number of rotatable bonds is 5. The molecule has 1 aromatic carbocycles. The molecule has 0 aliphatic heterocycles. The van der Waals surface area contributed by atoms with Crippen molar-refractivity contribution < 1.29 is 17.6 Å². The first-order chi connectivity index (χ1) is 7.79. The van der Waals surface area contributed by atoms with Gasteiger partial charge in [-0.1, -0.05) is 17.7 Å². The minimum absolute atomic E-state index is 0.118. The zero-order valence-electron chi connectivity index (χ0n) is 9.24. The summed E-state index contributed by atoms with van der Waals surface area (Å²) in [5, 5.41) is 0.178. The molecule has 0 bridgehead atoms. The fraction of sp³-hybridized carbons (Fsp3) is 0.364. The Morgan fingerprint density at radius 1 is 1.41 bits per heavy atom. The topological polar surface area (TPSA) is 51.2 Å². The first-order valence-electron chi connectivity index (χ1n) is 4.92. The molecule has 0 spiro atoms. The predicted molar refractivity (Wildman–Crippen MR) is 64.4 cm³/mol. The zero-order valence-corrected chi connectivity index (χ0v) is 10.8. The molecule has 0 aliphatic carbocycles. The average Bonchev–Trinajstić information content (AvgIpc) is 2.20. The van der Waals surface area contributed by atoms with Gasteiger partial charge in [0.1, 0.15) is 21.4 Å². The molecule has 1 aromatic rings. The van der Waals surface area contributed by atoms with E-state index in [1.807, 2.05) is 0 Å². The maximum atomic E-state index is 13.3. The molecule has 0 unspecified atom stereocenters. The van der Waals surface area contributed by atoms with Gasteiger partial charge in [0.2, 0.25) is 0 Å². The summed E-state index contributed by atoms with van der Waals surface area (Å²) in [4.78, 5) is 11.5. The minimum atomic E-state index is -3.18.